The van der Waals surface area contributed by atoms with Crippen LogP contribution in [-0.4, -0.2) is 4.92 Å². The van der Waals surface area contributed by atoms with Gasteiger partial charge in [-0.05, 0) is 17.7 Å². The molecule has 0 saturated heterocycles. The Kier molecular flexibility index (Phi) is 4.46. The molecule has 0 bridgehead atoms. The van der Waals surface area contributed by atoms with Gasteiger partial charge in [0.05, 0.1) is 10.6 Å². The van der Waals surface area contributed by atoms with Crippen molar-refractivity contribution in [3.05, 3.63) is 67.9 Å². The van der Waals surface area contributed by atoms with Crippen LogP contribution in [0.4, 0.5) is 24.5 Å². The monoisotopic (exact) mass is 360 g/mol. The Hall–Kier alpha value is -2.09. The molecule has 0 aliphatic heterocycles. The van der Waals surface area contributed by atoms with E-state index in [1.165, 1.54) is 18.2 Å². The summed E-state index contributed by atoms with van der Waals surface area (Å²) in [6, 6.07) is 5.16. The van der Waals surface area contributed by atoms with Crippen molar-refractivity contribution in [1.29, 1.82) is 0 Å². The van der Waals surface area contributed by atoms with Gasteiger partial charge >= 0.3 is 5.69 Å². The summed E-state index contributed by atoms with van der Waals surface area (Å²) in [7, 11) is 0. The maximum absolute atomic E-state index is 13.6. The van der Waals surface area contributed by atoms with E-state index in [4.69, 9.17) is 0 Å². The first-order valence-corrected chi connectivity index (χ1v) is 6.49. The van der Waals surface area contributed by atoms with Crippen LogP contribution in [0.3, 0.4) is 0 Å². The topological polar surface area (TPSA) is 55.2 Å². The molecule has 0 atom stereocenters. The lowest BCUT2D eigenvalue weighted by atomic mass is 10.2. The van der Waals surface area contributed by atoms with Crippen molar-refractivity contribution in [2.75, 3.05) is 5.32 Å². The quantitative estimate of drug-likeness (QED) is 0.649. The summed E-state index contributed by atoms with van der Waals surface area (Å²) in [5.74, 6) is -2.63. The van der Waals surface area contributed by atoms with E-state index in [-0.39, 0.29) is 12.2 Å². The largest absolute Gasteiger partial charge is 0.378 e. The first-order chi connectivity index (χ1) is 9.88. The van der Waals surface area contributed by atoms with E-state index in [2.05, 4.69) is 21.2 Å². The van der Waals surface area contributed by atoms with E-state index >= 15 is 0 Å². The van der Waals surface area contributed by atoms with Crippen LogP contribution < -0.4 is 5.32 Å². The predicted molar refractivity (Wildman–Crippen MR) is 74.4 cm³/mol. The van der Waals surface area contributed by atoms with Crippen molar-refractivity contribution in [2.24, 2.45) is 0 Å². The van der Waals surface area contributed by atoms with Crippen molar-refractivity contribution >= 4 is 27.3 Å². The number of halogens is 4. The molecule has 4 nitrogen and oxygen atoms in total. The summed E-state index contributed by atoms with van der Waals surface area (Å²) in [4.78, 5) is 9.68. The molecule has 110 valence electrons. The van der Waals surface area contributed by atoms with Crippen LogP contribution >= 0.6 is 15.9 Å². The van der Waals surface area contributed by atoms with Crippen molar-refractivity contribution in [1.82, 2.24) is 0 Å². The van der Waals surface area contributed by atoms with Gasteiger partial charge in [-0.3, -0.25) is 10.1 Å². The number of nitro groups is 1. The Bertz CT molecular complexity index is 710. The number of nitro benzene ring substituents is 1. The summed E-state index contributed by atoms with van der Waals surface area (Å²) in [6.45, 7) is 0.0839. The zero-order valence-corrected chi connectivity index (χ0v) is 12.0. The highest BCUT2D eigenvalue weighted by molar-refractivity contribution is 9.10. The Labute approximate surface area is 125 Å². The zero-order chi connectivity index (χ0) is 15.6. The molecule has 0 spiro atoms. The van der Waals surface area contributed by atoms with E-state index in [1.807, 2.05) is 0 Å². The van der Waals surface area contributed by atoms with Crippen LogP contribution in [0.2, 0.25) is 0 Å². The molecular weight excluding hydrogens is 353 g/mol. The molecule has 2 aromatic carbocycles. The average Bonchev–Trinajstić information content (AvgIpc) is 2.39. The minimum Gasteiger partial charge on any atom is -0.378 e. The average molecular weight is 361 g/mol. The van der Waals surface area contributed by atoms with Crippen LogP contribution in [0.5, 0.6) is 0 Å². The summed E-state index contributed by atoms with van der Waals surface area (Å²) >= 11 is 3.15. The molecule has 0 heterocycles. The Morgan fingerprint density at radius 2 is 1.86 bits per heavy atom. The normalized spacial score (nSPS) is 10.5. The highest BCUT2D eigenvalue weighted by atomic mass is 79.9. The van der Waals surface area contributed by atoms with Crippen molar-refractivity contribution in [2.45, 2.75) is 6.54 Å². The predicted octanol–water partition coefficient (Wildman–Crippen LogP) is 4.39. The number of anilines is 1. The molecule has 8 heteroatoms. The van der Waals surface area contributed by atoms with Gasteiger partial charge in [0.15, 0.2) is 0 Å². The number of hydrogen-bond acceptors (Lipinski definition) is 3. The first kappa shape index (κ1) is 15.3. The summed E-state index contributed by atoms with van der Waals surface area (Å²) in [5, 5.41) is 13.2. The van der Waals surface area contributed by atoms with Crippen LogP contribution in [-0.2, 0) is 6.54 Å². The Balaban J connectivity index is 2.23. The highest BCUT2D eigenvalue weighted by Gasteiger charge is 2.18. The maximum atomic E-state index is 13.6. The van der Waals surface area contributed by atoms with E-state index in [1.54, 1.807) is 0 Å². The second-order valence-corrected chi connectivity index (χ2v) is 4.98. The van der Waals surface area contributed by atoms with Crippen molar-refractivity contribution in [3.63, 3.8) is 0 Å². The van der Waals surface area contributed by atoms with E-state index in [9.17, 15) is 23.3 Å². The summed E-state index contributed by atoms with van der Waals surface area (Å²) in [6.07, 6.45) is 0. The molecule has 1 N–H and O–H groups in total. The van der Waals surface area contributed by atoms with Gasteiger partial charge in [-0.15, -0.1) is 0 Å². The molecular formula is C13H8BrF3N2O2. The van der Waals surface area contributed by atoms with Gasteiger partial charge in [0, 0.05) is 23.2 Å². The van der Waals surface area contributed by atoms with Gasteiger partial charge < -0.3 is 5.32 Å². The number of benzene rings is 2. The molecule has 0 aliphatic carbocycles. The summed E-state index contributed by atoms with van der Waals surface area (Å²) in [5.41, 5.74) is -0.417. The molecule has 2 rings (SSSR count). The molecule has 2 aromatic rings. The van der Waals surface area contributed by atoms with E-state index in [0.717, 1.165) is 6.07 Å². The minimum atomic E-state index is -1.24. The third-order valence-corrected chi connectivity index (χ3v) is 3.46. The maximum Gasteiger partial charge on any atom is 0.307 e. The molecule has 0 aliphatic rings. The lowest BCUT2D eigenvalue weighted by molar-refractivity contribution is -0.387. The molecule has 0 amide bonds. The zero-order valence-electron chi connectivity index (χ0n) is 10.4. The molecule has 0 radical (unpaired) electrons. The molecule has 21 heavy (non-hydrogen) atoms. The second-order valence-electron chi connectivity index (χ2n) is 4.13. The fraction of sp³-hybridized carbons (Fsp3) is 0.0769. The first-order valence-electron chi connectivity index (χ1n) is 5.69. The number of nitrogens with one attached hydrogen (secondary N) is 1. The summed E-state index contributed by atoms with van der Waals surface area (Å²) < 4.78 is 40.2. The van der Waals surface area contributed by atoms with Crippen LogP contribution in [0, 0.1) is 27.6 Å². The number of rotatable bonds is 4. The molecule has 0 aromatic heterocycles. The number of nitrogens with zero attached hydrogens (tertiary/aromatic N) is 1. The Morgan fingerprint density at radius 3 is 2.48 bits per heavy atom. The lowest BCUT2D eigenvalue weighted by Crippen LogP contribution is -2.04. The molecule has 0 saturated carbocycles. The van der Waals surface area contributed by atoms with Gasteiger partial charge in [-0.25, -0.2) is 8.78 Å². The fourth-order valence-electron chi connectivity index (χ4n) is 1.67. The standard InChI is InChI=1S/C13H8BrF3N2O2/c14-9-3-8(15)2-1-7(9)6-18-12-5-13(19(20)21)11(17)4-10(12)16/h1-5,18H,6H2. The van der Waals surface area contributed by atoms with Gasteiger partial charge in [0.1, 0.15) is 11.6 Å². The SMILES string of the molecule is O=[N+]([O-])c1cc(NCc2ccc(F)cc2Br)c(F)cc1F. The Morgan fingerprint density at radius 1 is 1.14 bits per heavy atom. The molecule has 0 unspecified atom stereocenters. The van der Waals surface area contributed by atoms with Gasteiger partial charge in [0.2, 0.25) is 5.82 Å². The van der Waals surface area contributed by atoms with Gasteiger partial charge in [-0.2, -0.15) is 4.39 Å². The van der Waals surface area contributed by atoms with Gasteiger partial charge in [-0.1, -0.05) is 22.0 Å². The third-order valence-electron chi connectivity index (χ3n) is 2.72. The second kappa shape index (κ2) is 6.13. The van der Waals surface area contributed by atoms with Gasteiger partial charge in [0.25, 0.3) is 0 Å². The smallest absolute Gasteiger partial charge is 0.307 e. The fourth-order valence-corrected chi connectivity index (χ4v) is 2.16. The van der Waals surface area contributed by atoms with E-state index < -0.39 is 28.1 Å². The third kappa shape index (κ3) is 3.52. The van der Waals surface area contributed by atoms with Crippen molar-refractivity contribution < 1.29 is 18.1 Å². The lowest BCUT2D eigenvalue weighted by Gasteiger charge is -2.09. The van der Waals surface area contributed by atoms with Crippen LogP contribution in [0.15, 0.2) is 34.8 Å². The van der Waals surface area contributed by atoms with Crippen LogP contribution in [0.1, 0.15) is 5.56 Å². The highest BCUT2D eigenvalue weighted by Crippen LogP contribution is 2.26. The molecule has 0 fully saturated rings. The van der Waals surface area contributed by atoms with Crippen molar-refractivity contribution in [3.8, 4) is 0 Å². The minimum absolute atomic E-state index is 0.0839. The van der Waals surface area contributed by atoms with Crippen LogP contribution in [0.25, 0.3) is 0 Å². The van der Waals surface area contributed by atoms with E-state index in [0.29, 0.717) is 16.1 Å². The number of hydrogen-bond donors (Lipinski definition) is 1.